The van der Waals surface area contributed by atoms with E-state index in [0.29, 0.717) is 5.89 Å². The molecule has 0 amide bonds. The third-order valence-corrected chi connectivity index (χ3v) is 5.01. The van der Waals surface area contributed by atoms with Crippen molar-refractivity contribution in [1.29, 1.82) is 0 Å². The van der Waals surface area contributed by atoms with Crippen molar-refractivity contribution in [2.45, 2.75) is 13.0 Å². The Balaban J connectivity index is 1.76. The Morgan fingerprint density at radius 1 is 1.29 bits per heavy atom. The van der Waals surface area contributed by atoms with Gasteiger partial charge in [-0.1, -0.05) is 40.9 Å². The van der Waals surface area contributed by atoms with Gasteiger partial charge < -0.3 is 9.15 Å². The van der Waals surface area contributed by atoms with Crippen molar-refractivity contribution in [1.82, 2.24) is 15.2 Å². The summed E-state index contributed by atoms with van der Waals surface area (Å²) in [5, 5.41) is 9.80. The molecule has 0 aliphatic heterocycles. The Kier molecular flexibility index (Phi) is 5.05. The maximum absolute atomic E-state index is 12.2. The van der Waals surface area contributed by atoms with E-state index in [4.69, 9.17) is 44.0 Å². The second-order valence-corrected chi connectivity index (χ2v) is 6.66. The minimum atomic E-state index is -0.786. The van der Waals surface area contributed by atoms with Gasteiger partial charge in [0, 0.05) is 6.20 Å². The van der Waals surface area contributed by atoms with Gasteiger partial charge in [0.15, 0.2) is 11.8 Å². The van der Waals surface area contributed by atoms with Gasteiger partial charge in [0.1, 0.15) is 0 Å². The summed E-state index contributed by atoms with van der Waals surface area (Å²) in [7, 11) is 0. The predicted molar refractivity (Wildman–Crippen MR) is 90.7 cm³/mol. The number of pyridine rings is 1. The average molecular weight is 405 g/mol. The lowest BCUT2D eigenvalue weighted by molar-refractivity contribution is 0.0273. The number of thiophene rings is 1. The molecule has 0 radical (unpaired) electrons. The summed E-state index contributed by atoms with van der Waals surface area (Å²) in [6, 6.07) is 3.71. The van der Waals surface area contributed by atoms with Crippen LogP contribution in [0.25, 0.3) is 10.8 Å². The summed E-state index contributed by atoms with van der Waals surface area (Å²) in [6.07, 6.45) is 0.435. The summed E-state index contributed by atoms with van der Waals surface area (Å²) >= 11 is 19.1. The predicted octanol–water partition coefficient (Wildman–Crippen LogP) is 5.07. The highest BCUT2D eigenvalue weighted by atomic mass is 35.5. The number of carbonyl (C=O) groups excluding carboxylic acids is 1. The van der Waals surface area contributed by atoms with Crippen LogP contribution in [0, 0.1) is 0 Å². The van der Waals surface area contributed by atoms with Crippen LogP contribution in [0.3, 0.4) is 0 Å². The molecule has 24 heavy (non-hydrogen) atoms. The molecule has 3 aromatic rings. The SMILES string of the molecule is C[C@@H](OC(=O)c1ncc(Cl)c(Cl)c1Cl)c1nnc(-c2cccs2)o1. The fourth-order valence-corrected chi connectivity index (χ4v) is 2.95. The molecule has 0 aliphatic carbocycles. The Labute approximate surface area is 155 Å². The lowest BCUT2D eigenvalue weighted by Crippen LogP contribution is -2.12. The molecule has 0 fully saturated rings. The molecular weight excluding hydrogens is 397 g/mol. The molecule has 0 aromatic carbocycles. The number of carbonyl (C=O) groups is 1. The molecule has 3 rings (SSSR count). The van der Waals surface area contributed by atoms with Gasteiger partial charge in [-0.3, -0.25) is 0 Å². The topological polar surface area (TPSA) is 78.1 Å². The van der Waals surface area contributed by atoms with Gasteiger partial charge in [-0.25, -0.2) is 9.78 Å². The molecule has 3 heterocycles. The van der Waals surface area contributed by atoms with Gasteiger partial charge in [0.2, 0.25) is 0 Å². The van der Waals surface area contributed by atoms with Crippen molar-refractivity contribution in [3.05, 3.63) is 50.4 Å². The summed E-state index contributed by atoms with van der Waals surface area (Å²) in [6.45, 7) is 1.59. The number of nitrogens with zero attached hydrogens (tertiary/aromatic N) is 3. The number of ether oxygens (including phenoxy) is 1. The number of aromatic nitrogens is 3. The van der Waals surface area contributed by atoms with Crippen LogP contribution in [0.4, 0.5) is 0 Å². The molecule has 0 aliphatic rings. The Hall–Kier alpha value is -1.67. The molecular formula is C14H8Cl3N3O3S. The molecule has 10 heteroatoms. The van der Waals surface area contributed by atoms with Crippen molar-refractivity contribution >= 4 is 52.1 Å². The zero-order chi connectivity index (χ0) is 17.3. The van der Waals surface area contributed by atoms with E-state index in [0.717, 1.165) is 4.88 Å². The third kappa shape index (κ3) is 3.39. The van der Waals surface area contributed by atoms with Crippen LogP contribution in [0.2, 0.25) is 15.1 Å². The first kappa shape index (κ1) is 17.2. The quantitative estimate of drug-likeness (QED) is 0.565. The van der Waals surface area contributed by atoms with E-state index < -0.39 is 12.1 Å². The van der Waals surface area contributed by atoms with E-state index >= 15 is 0 Å². The molecule has 0 saturated carbocycles. The summed E-state index contributed by atoms with van der Waals surface area (Å²) in [5.41, 5.74) is -0.143. The molecule has 0 bridgehead atoms. The second-order valence-electron chi connectivity index (χ2n) is 4.55. The normalized spacial score (nSPS) is 12.2. The highest BCUT2D eigenvalue weighted by molar-refractivity contribution is 7.13. The van der Waals surface area contributed by atoms with E-state index in [-0.39, 0.29) is 26.7 Å². The average Bonchev–Trinajstić information content (AvgIpc) is 3.23. The zero-order valence-electron chi connectivity index (χ0n) is 12.0. The van der Waals surface area contributed by atoms with Crippen LogP contribution in [0.5, 0.6) is 0 Å². The largest absolute Gasteiger partial charge is 0.448 e. The maximum atomic E-state index is 12.2. The van der Waals surface area contributed by atoms with Crippen LogP contribution in [0.15, 0.2) is 28.1 Å². The van der Waals surface area contributed by atoms with Crippen LogP contribution in [-0.4, -0.2) is 21.2 Å². The van der Waals surface area contributed by atoms with E-state index in [2.05, 4.69) is 15.2 Å². The van der Waals surface area contributed by atoms with Crippen molar-refractivity contribution in [3.63, 3.8) is 0 Å². The molecule has 6 nitrogen and oxygen atoms in total. The minimum Gasteiger partial charge on any atom is -0.448 e. The summed E-state index contributed by atoms with van der Waals surface area (Å²) in [5.74, 6) is -0.265. The van der Waals surface area contributed by atoms with Gasteiger partial charge >= 0.3 is 5.97 Å². The van der Waals surface area contributed by atoms with Gasteiger partial charge in [0.25, 0.3) is 11.8 Å². The highest BCUT2D eigenvalue weighted by Crippen LogP contribution is 2.32. The minimum absolute atomic E-state index is 0.0331. The van der Waals surface area contributed by atoms with Crippen LogP contribution in [0.1, 0.15) is 29.4 Å². The van der Waals surface area contributed by atoms with E-state index in [1.165, 1.54) is 17.5 Å². The van der Waals surface area contributed by atoms with Crippen molar-refractivity contribution < 1.29 is 13.9 Å². The van der Waals surface area contributed by atoms with Crippen LogP contribution >= 0.6 is 46.1 Å². The first-order chi connectivity index (χ1) is 11.5. The number of halogens is 3. The summed E-state index contributed by atoms with van der Waals surface area (Å²) < 4.78 is 10.8. The monoisotopic (exact) mass is 403 g/mol. The first-order valence-corrected chi connectivity index (χ1v) is 8.56. The Morgan fingerprint density at radius 3 is 2.79 bits per heavy atom. The molecule has 124 valence electrons. The molecule has 3 aromatic heterocycles. The fraction of sp³-hybridized carbons (Fsp3) is 0.143. The van der Waals surface area contributed by atoms with Gasteiger partial charge in [-0.15, -0.1) is 21.5 Å². The third-order valence-electron chi connectivity index (χ3n) is 2.91. The van der Waals surface area contributed by atoms with Gasteiger partial charge in [-0.2, -0.15) is 0 Å². The van der Waals surface area contributed by atoms with E-state index in [1.54, 1.807) is 6.92 Å². The molecule has 1 atom stereocenters. The summed E-state index contributed by atoms with van der Waals surface area (Å²) in [4.78, 5) is 16.9. The standard InChI is InChI=1S/C14H8Cl3N3O3S/c1-6(12-19-20-13(23-12)8-3-2-4-24-8)22-14(21)11-10(17)9(16)7(15)5-18-11/h2-6H,1H3/t6-/m1/s1. The first-order valence-electron chi connectivity index (χ1n) is 6.55. The highest BCUT2D eigenvalue weighted by Gasteiger charge is 2.24. The van der Waals surface area contributed by atoms with Gasteiger partial charge in [0.05, 0.1) is 19.9 Å². The van der Waals surface area contributed by atoms with Gasteiger partial charge in [-0.05, 0) is 18.4 Å². The van der Waals surface area contributed by atoms with Crippen molar-refractivity contribution in [2.24, 2.45) is 0 Å². The molecule has 0 saturated heterocycles. The van der Waals surface area contributed by atoms with E-state index in [1.807, 2.05) is 17.5 Å². The second kappa shape index (κ2) is 7.06. The number of rotatable bonds is 4. The zero-order valence-corrected chi connectivity index (χ0v) is 15.1. The Bertz CT molecular complexity index is 883. The van der Waals surface area contributed by atoms with Crippen molar-refractivity contribution in [3.8, 4) is 10.8 Å². The fourth-order valence-electron chi connectivity index (χ4n) is 1.75. The number of hydrogen-bond acceptors (Lipinski definition) is 7. The van der Waals surface area contributed by atoms with Crippen molar-refractivity contribution in [2.75, 3.05) is 0 Å². The molecule has 0 N–H and O–H groups in total. The Morgan fingerprint density at radius 2 is 2.08 bits per heavy atom. The van der Waals surface area contributed by atoms with Crippen LogP contribution < -0.4 is 0 Å². The smallest absolute Gasteiger partial charge is 0.359 e. The number of esters is 1. The number of hydrogen-bond donors (Lipinski definition) is 0. The molecule has 0 spiro atoms. The van der Waals surface area contributed by atoms with E-state index in [9.17, 15) is 4.79 Å². The van der Waals surface area contributed by atoms with Crippen LogP contribution in [-0.2, 0) is 4.74 Å². The maximum Gasteiger partial charge on any atom is 0.359 e. The molecule has 0 unspecified atom stereocenters. The lowest BCUT2D eigenvalue weighted by atomic mass is 10.3. The lowest BCUT2D eigenvalue weighted by Gasteiger charge is -2.10.